The van der Waals surface area contributed by atoms with Crippen LogP contribution < -0.4 is 9.46 Å². The Hall–Kier alpha value is -0.830. The van der Waals surface area contributed by atoms with Gasteiger partial charge in [0.15, 0.2) is 0 Å². The Morgan fingerprint density at radius 1 is 1.17 bits per heavy atom. The van der Waals surface area contributed by atoms with Crippen molar-refractivity contribution in [2.45, 2.75) is 17.7 Å². The van der Waals surface area contributed by atoms with E-state index in [1.54, 1.807) is 25.3 Å². The number of sulfonamides is 1. The van der Waals surface area contributed by atoms with Gasteiger partial charge in [0, 0.05) is 11.6 Å². The Balaban J connectivity index is 1.91. The van der Waals surface area contributed by atoms with E-state index in [0.29, 0.717) is 23.7 Å². The second kappa shape index (κ2) is 8.32. The molecule has 0 spiro atoms. The molecular formula is C16H17ClINO3S. The average molecular weight is 466 g/mol. The molecule has 0 aliphatic carbocycles. The van der Waals surface area contributed by atoms with Crippen molar-refractivity contribution in [3.8, 4) is 5.75 Å². The SMILES string of the molecule is COc1ccc(S(=O)(=O)NCCCc2ccc(Cl)cc2)cc1I. The second-order valence-corrected chi connectivity index (χ2v) is 8.29. The van der Waals surface area contributed by atoms with Gasteiger partial charge in [0.1, 0.15) is 5.75 Å². The minimum absolute atomic E-state index is 0.245. The molecule has 0 fully saturated rings. The topological polar surface area (TPSA) is 55.4 Å². The molecule has 2 aromatic rings. The summed E-state index contributed by atoms with van der Waals surface area (Å²) in [6, 6.07) is 12.4. The normalized spacial score (nSPS) is 11.4. The van der Waals surface area contributed by atoms with Crippen LogP contribution >= 0.6 is 34.2 Å². The van der Waals surface area contributed by atoms with Crippen LogP contribution in [0.2, 0.25) is 5.02 Å². The Kier molecular flexibility index (Phi) is 6.70. The fourth-order valence-corrected chi connectivity index (χ4v) is 4.22. The van der Waals surface area contributed by atoms with Crippen LogP contribution in [0.25, 0.3) is 0 Å². The minimum Gasteiger partial charge on any atom is -0.496 e. The number of methoxy groups -OCH3 is 1. The molecule has 1 N–H and O–H groups in total. The van der Waals surface area contributed by atoms with Gasteiger partial charge in [0.25, 0.3) is 0 Å². The summed E-state index contributed by atoms with van der Waals surface area (Å²) in [6.45, 7) is 0.383. The smallest absolute Gasteiger partial charge is 0.240 e. The molecule has 0 aliphatic heterocycles. The average Bonchev–Trinajstić information content (AvgIpc) is 2.53. The molecule has 0 aliphatic rings. The van der Waals surface area contributed by atoms with Gasteiger partial charge in [-0.3, -0.25) is 0 Å². The van der Waals surface area contributed by atoms with Gasteiger partial charge in [-0.25, -0.2) is 13.1 Å². The summed E-state index contributed by atoms with van der Waals surface area (Å²) < 4.78 is 33.1. The number of ether oxygens (including phenoxy) is 1. The lowest BCUT2D eigenvalue weighted by Gasteiger charge is -2.09. The largest absolute Gasteiger partial charge is 0.496 e. The predicted octanol–water partition coefficient (Wildman–Crippen LogP) is 3.86. The maximum absolute atomic E-state index is 12.3. The number of benzene rings is 2. The maximum atomic E-state index is 12.3. The quantitative estimate of drug-likeness (QED) is 0.499. The molecule has 0 saturated heterocycles. The highest BCUT2D eigenvalue weighted by Crippen LogP contribution is 2.23. The number of hydrogen-bond acceptors (Lipinski definition) is 3. The van der Waals surface area contributed by atoms with E-state index in [1.165, 1.54) is 0 Å². The Bertz CT molecular complexity index is 763. The van der Waals surface area contributed by atoms with Crippen molar-refractivity contribution in [2.24, 2.45) is 0 Å². The standard InChI is InChI=1S/C16H17ClINO3S/c1-22-16-9-8-14(11-15(16)18)23(20,21)19-10-2-3-12-4-6-13(17)7-5-12/h4-9,11,19H,2-3,10H2,1H3. The predicted molar refractivity (Wildman–Crippen MR) is 101 cm³/mol. The molecule has 124 valence electrons. The van der Waals surface area contributed by atoms with Gasteiger partial charge in [-0.2, -0.15) is 0 Å². The van der Waals surface area contributed by atoms with Crippen LogP contribution in [0.15, 0.2) is 47.4 Å². The van der Waals surface area contributed by atoms with Crippen LogP contribution in [0.3, 0.4) is 0 Å². The van der Waals surface area contributed by atoms with Crippen molar-refractivity contribution in [3.05, 3.63) is 56.6 Å². The van der Waals surface area contributed by atoms with Gasteiger partial charge in [0.2, 0.25) is 10.0 Å². The first kappa shape index (κ1) is 18.5. The zero-order chi connectivity index (χ0) is 16.9. The van der Waals surface area contributed by atoms with Crippen molar-refractivity contribution in [1.82, 2.24) is 4.72 Å². The molecule has 4 nitrogen and oxygen atoms in total. The Morgan fingerprint density at radius 2 is 1.87 bits per heavy atom. The summed E-state index contributed by atoms with van der Waals surface area (Å²) >= 11 is 7.89. The van der Waals surface area contributed by atoms with Crippen LogP contribution in [0, 0.1) is 3.57 Å². The van der Waals surface area contributed by atoms with Crippen molar-refractivity contribution >= 4 is 44.2 Å². The fraction of sp³-hybridized carbons (Fsp3) is 0.250. The third-order valence-electron chi connectivity index (χ3n) is 3.28. The van der Waals surface area contributed by atoms with E-state index in [1.807, 2.05) is 24.3 Å². The van der Waals surface area contributed by atoms with Gasteiger partial charge in [-0.05, 0) is 71.3 Å². The van der Waals surface area contributed by atoms with E-state index in [-0.39, 0.29) is 4.90 Å². The molecule has 0 amide bonds. The monoisotopic (exact) mass is 465 g/mol. The lowest BCUT2D eigenvalue weighted by atomic mass is 10.1. The van der Waals surface area contributed by atoms with Crippen LogP contribution in [-0.2, 0) is 16.4 Å². The van der Waals surface area contributed by atoms with E-state index in [9.17, 15) is 8.42 Å². The summed E-state index contributed by atoms with van der Waals surface area (Å²) in [5.41, 5.74) is 1.13. The van der Waals surface area contributed by atoms with Crippen molar-refractivity contribution in [3.63, 3.8) is 0 Å². The van der Waals surface area contributed by atoms with Crippen molar-refractivity contribution in [2.75, 3.05) is 13.7 Å². The van der Waals surface area contributed by atoms with Gasteiger partial charge in [-0.1, -0.05) is 23.7 Å². The Labute approximate surface area is 155 Å². The van der Waals surface area contributed by atoms with Gasteiger partial charge in [0.05, 0.1) is 15.6 Å². The zero-order valence-electron chi connectivity index (χ0n) is 12.6. The number of rotatable bonds is 7. The first-order valence-electron chi connectivity index (χ1n) is 7.00. The summed E-state index contributed by atoms with van der Waals surface area (Å²) in [5, 5.41) is 0.698. The van der Waals surface area contributed by atoms with E-state index in [2.05, 4.69) is 27.3 Å². The lowest BCUT2D eigenvalue weighted by Crippen LogP contribution is -2.25. The summed E-state index contributed by atoms with van der Waals surface area (Å²) in [6.07, 6.45) is 1.51. The highest BCUT2D eigenvalue weighted by Gasteiger charge is 2.15. The second-order valence-electron chi connectivity index (χ2n) is 4.92. The third kappa shape index (κ3) is 5.34. The molecule has 2 aromatic carbocycles. The van der Waals surface area contributed by atoms with Crippen molar-refractivity contribution < 1.29 is 13.2 Å². The molecule has 0 aromatic heterocycles. The molecule has 23 heavy (non-hydrogen) atoms. The molecular weight excluding hydrogens is 449 g/mol. The molecule has 7 heteroatoms. The molecule has 2 rings (SSSR count). The van der Waals surface area contributed by atoms with Crippen LogP contribution in [-0.4, -0.2) is 22.1 Å². The highest BCUT2D eigenvalue weighted by molar-refractivity contribution is 14.1. The number of hydrogen-bond donors (Lipinski definition) is 1. The first-order valence-corrected chi connectivity index (χ1v) is 9.94. The molecule has 0 radical (unpaired) electrons. The molecule has 0 saturated carbocycles. The fourth-order valence-electron chi connectivity index (χ4n) is 2.05. The Morgan fingerprint density at radius 3 is 2.48 bits per heavy atom. The summed E-state index contributed by atoms with van der Waals surface area (Å²) in [7, 11) is -1.94. The van der Waals surface area contributed by atoms with E-state index >= 15 is 0 Å². The van der Waals surface area contributed by atoms with Gasteiger partial charge < -0.3 is 4.74 Å². The van der Waals surface area contributed by atoms with Crippen LogP contribution in [0.4, 0.5) is 0 Å². The third-order valence-corrected chi connectivity index (χ3v) is 5.83. The van der Waals surface area contributed by atoms with E-state index in [0.717, 1.165) is 15.6 Å². The zero-order valence-corrected chi connectivity index (χ0v) is 16.3. The van der Waals surface area contributed by atoms with Crippen molar-refractivity contribution in [1.29, 1.82) is 0 Å². The summed E-state index contributed by atoms with van der Waals surface area (Å²) in [5.74, 6) is 0.660. The molecule has 0 bridgehead atoms. The molecule has 0 unspecified atom stereocenters. The molecule has 0 heterocycles. The minimum atomic E-state index is -3.50. The maximum Gasteiger partial charge on any atom is 0.240 e. The van der Waals surface area contributed by atoms with E-state index < -0.39 is 10.0 Å². The first-order chi connectivity index (χ1) is 10.9. The van der Waals surface area contributed by atoms with Gasteiger partial charge in [-0.15, -0.1) is 0 Å². The highest BCUT2D eigenvalue weighted by atomic mass is 127. The lowest BCUT2D eigenvalue weighted by molar-refractivity contribution is 0.411. The van der Waals surface area contributed by atoms with Gasteiger partial charge >= 0.3 is 0 Å². The number of halogens is 2. The number of nitrogens with one attached hydrogen (secondary N) is 1. The van der Waals surface area contributed by atoms with Crippen LogP contribution in [0.1, 0.15) is 12.0 Å². The van der Waals surface area contributed by atoms with E-state index in [4.69, 9.17) is 16.3 Å². The molecule has 0 atom stereocenters. The number of aryl methyl sites for hydroxylation is 1. The summed E-state index contributed by atoms with van der Waals surface area (Å²) in [4.78, 5) is 0.245. The van der Waals surface area contributed by atoms with Crippen LogP contribution in [0.5, 0.6) is 5.75 Å².